The van der Waals surface area contributed by atoms with Crippen LogP contribution in [0.15, 0.2) is 40.9 Å². The second-order valence-electron chi connectivity index (χ2n) is 5.91. The standard InChI is InChI=1S/C19H22N4O2/c1-3-18-22-19(25-23-18)15-7-5-14(6-8-15)10-11-20-12-16-17(24)9-4-13(2)21-16/h4-9,20,24H,3,10-12H2,1-2H3. The van der Waals surface area contributed by atoms with Crippen LogP contribution in [0.4, 0.5) is 0 Å². The number of aryl methyl sites for hydroxylation is 2. The first-order chi connectivity index (χ1) is 12.2. The van der Waals surface area contributed by atoms with Crippen LogP contribution in [0.1, 0.15) is 29.7 Å². The van der Waals surface area contributed by atoms with Crippen molar-refractivity contribution in [1.29, 1.82) is 0 Å². The monoisotopic (exact) mass is 338 g/mol. The molecule has 3 rings (SSSR count). The van der Waals surface area contributed by atoms with E-state index < -0.39 is 0 Å². The van der Waals surface area contributed by atoms with Crippen LogP contribution in [0.5, 0.6) is 5.75 Å². The minimum absolute atomic E-state index is 0.230. The Bertz CT molecular complexity index is 828. The van der Waals surface area contributed by atoms with E-state index in [2.05, 4.69) is 32.6 Å². The number of hydrogen-bond acceptors (Lipinski definition) is 6. The number of nitrogens with zero attached hydrogens (tertiary/aromatic N) is 3. The van der Waals surface area contributed by atoms with E-state index in [4.69, 9.17) is 4.52 Å². The van der Waals surface area contributed by atoms with Crippen molar-refractivity contribution in [2.45, 2.75) is 33.2 Å². The van der Waals surface area contributed by atoms with Gasteiger partial charge in [0.2, 0.25) is 0 Å². The summed E-state index contributed by atoms with van der Waals surface area (Å²) in [4.78, 5) is 8.67. The number of benzene rings is 1. The molecule has 0 aliphatic carbocycles. The third kappa shape index (κ3) is 4.42. The molecule has 130 valence electrons. The average molecular weight is 338 g/mol. The third-order valence-corrected chi connectivity index (χ3v) is 3.96. The molecule has 25 heavy (non-hydrogen) atoms. The van der Waals surface area contributed by atoms with Crippen LogP contribution in [0.2, 0.25) is 0 Å². The van der Waals surface area contributed by atoms with Crippen LogP contribution >= 0.6 is 0 Å². The molecule has 2 N–H and O–H groups in total. The summed E-state index contributed by atoms with van der Waals surface area (Å²) in [6.45, 7) is 5.26. The van der Waals surface area contributed by atoms with Crippen molar-refractivity contribution < 1.29 is 9.63 Å². The lowest BCUT2D eigenvalue weighted by molar-refractivity contribution is 0.423. The number of aromatic nitrogens is 3. The molecule has 0 spiro atoms. The third-order valence-electron chi connectivity index (χ3n) is 3.96. The van der Waals surface area contributed by atoms with Gasteiger partial charge < -0.3 is 14.9 Å². The molecule has 0 bridgehead atoms. The van der Waals surface area contributed by atoms with Gasteiger partial charge in [-0.3, -0.25) is 4.98 Å². The highest BCUT2D eigenvalue weighted by molar-refractivity contribution is 5.53. The molecule has 0 saturated carbocycles. The normalized spacial score (nSPS) is 11.0. The molecule has 3 aromatic rings. The van der Waals surface area contributed by atoms with Crippen LogP contribution in [0.25, 0.3) is 11.5 Å². The van der Waals surface area contributed by atoms with Crippen molar-refractivity contribution >= 4 is 0 Å². The second kappa shape index (κ2) is 7.90. The lowest BCUT2D eigenvalue weighted by Gasteiger charge is -2.07. The van der Waals surface area contributed by atoms with Crippen molar-refractivity contribution in [2.75, 3.05) is 6.54 Å². The van der Waals surface area contributed by atoms with Gasteiger partial charge in [0.05, 0.1) is 5.69 Å². The Balaban J connectivity index is 1.51. The van der Waals surface area contributed by atoms with Gasteiger partial charge in [-0.1, -0.05) is 24.2 Å². The summed E-state index contributed by atoms with van der Waals surface area (Å²) in [6.07, 6.45) is 1.65. The summed E-state index contributed by atoms with van der Waals surface area (Å²) in [7, 11) is 0. The maximum atomic E-state index is 9.79. The molecule has 0 saturated heterocycles. The molecule has 0 aliphatic heterocycles. The quantitative estimate of drug-likeness (QED) is 0.644. The Morgan fingerprint density at radius 2 is 1.88 bits per heavy atom. The summed E-state index contributed by atoms with van der Waals surface area (Å²) in [5.74, 6) is 1.51. The van der Waals surface area contributed by atoms with E-state index >= 15 is 0 Å². The fourth-order valence-electron chi connectivity index (χ4n) is 2.50. The number of rotatable bonds is 7. The SMILES string of the molecule is CCc1noc(-c2ccc(CCNCc3nc(C)ccc3O)cc2)n1. The molecule has 2 heterocycles. The summed E-state index contributed by atoms with van der Waals surface area (Å²) in [5, 5.41) is 17.0. The van der Waals surface area contributed by atoms with Crippen LogP contribution < -0.4 is 5.32 Å². The van der Waals surface area contributed by atoms with E-state index in [1.54, 1.807) is 12.1 Å². The van der Waals surface area contributed by atoms with Gasteiger partial charge in [0.1, 0.15) is 5.75 Å². The summed E-state index contributed by atoms with van der Waals surface area (Å²) in [6, 6.07) is 11.6. The fourth-order valence-corrected chi connectivity index (χ4v) is 2.50. The average Bonchev–Trinajstić information content (AvgIpc) is 3.11. The second-order valence-corrected chi connectivity index (χ2v) is 5.91. The van der Waals surface area contributed by atoms with Gasteiger partial charge in [0.15, 0.2) is 5.82 Å². The van der Waals surface area contributed by atoms with Crippen LogP contribution in [0, 0.1) is 6.92 Å². The van der Waals surface area contributed by atoms with Crippen molar-refractivity contribution in [3.05, 3.63) is 59.2 Å². The topological polar surface area (TPSA) is 84.1 Å². The number of aromatic hydroxyl groups is 1. The zero-order chi connectivity index (χ0) is 17.6. The van der Waals surface area contributed by atoms with Crippen LogP contribution in [-0.2, 0) is 19.4 Å². The van der Waals surface area contributed by atoms with Crippen molar-refractivity contribution in [1.82, 2.24) is 20.4 Å². The molecule has 0 aliphatic rings. The molecule has 1 aromatic carbocycles. The predicted molar refractivity (Wildman–Crippen MR) is 95.2 cm³/mol. The maximum Gasteiger partial charge on any atom is 0.257 e. The first kappa shape index (κ1) is 17.1. The molecule has 6 heteroatoms. The molecule has 0 amide bonds. The van der Waals surface area contributed by atoms with Gasteiger partial charge in [0.25, 0.3) is 5.89 Å². The highest BCUT2D eigenvalue weighted by Gasteiger charge is 2.07. The Morgan fingerprint density at radius 1 is 1.08 bits per heavy atom. The van der Waals surface area contributed by atoms with E-state index in [1.807, 2.05) is 26.0 Å². The molecule has 0 unspecified atom stereocenters. The lowest BCUT2D eigenvalue weighted by atomic mass is 10.1. The highest BCUT2D eigenvalue weighted by atomic mass is 16.5. The molecule has 0 radical (unpaired) electrons. The first-order valence-corrected chi connectivity index (χ1v) is 8.44. The Labute approximate surface area is 146 Å². The van der Waals surface area contributed by atoms with Crippen LogP contribution in [0.3, 0.4) is 0 Å². The number of hydrogen-bond donors (Lipinski definition) is 2. The van der Waals surface area contributed by atoms with Gasteiger partial charge >= 0.3 is 0 Å². The van der Waals surface area contributed by atoms with Gasteiger partial charge in [-0.2, -0.15) is 4.98 Å². The van der Waals surface area contributed by atoms with Gasteiger partial charge in [0, 0.05) is 24.2 Å². The minimum Gasteiger partial charge on any atom is -0.506 e. The fraction of sp³-hybridized carbons (Fsp3) is 0.316. The zero-order valence-corrected chi connectivity index (χ0v) is 14.5. The van der Waals surface area contributed by atoms with Crippen LogP contribution in [-0.4, -0.2) is 26.8 Å². The predicted octanol–water partition coefficient (Wildman–Crippen LogP) is 3.04. The summed E-state index contributed by atoms with van der Waals surface area (Å²) in [5.41, 5.74) is 3.72. The molecular weight excluding hydrogens is 316 g/mol. The largest absolute Gasteiger partial charge is 0.506 e. The summed E-state index contributed by atoms with van der Waals surface area (Å²) >= 11 is 0. The Hall–Kier alpha value is -2.73. The number of pyridine rings is 1. The lowest BCUT2D eigenvalue weighted by Crippen LogP contribution is -2.17. The van der Waals surface area contributed by atoms with Crippen molar-refractivity contribution in [2.24, 2.45) is 0 Å². The Kier molecular flexibility index (Phi) is 5.40. The molecule has 0 fully saturated rings. The highest BCUT2D eigenvalue weighted by Crippen LogP contribution is 2.18. The van der Waals surface area contributed by atoms with E-state index in [1.165, 1.54) is 5.56 Å². The first-order valence-electron chi connectivity index (χ1n) is 8.44. The van der Waals surface area contributed by atoms with E-state index in [9.17, 15) is 5.11 Å². The van der Waals surface area contributed by atoms with E-state index in [-0.39, 0.29) is 5.75 Å². The summed E-state index contributed by atoms with van der Waals surface area (Å²) < 4.78 is 5.25. The van der Waals surface area contributed by atoms with Gasteiger partial charge in [-0.05, 0) is 49.7 Å². The zero-order valence-electron chi connectivity index (χ0n) is 14.5. The number of nitrogens with one attached hydrogen (secondary N) is 1. The van der Waals surface area contributed by atoms with Gasteiger partial charge in [-0.15, -0.1) is 0 Å². The molecule has 0 atom stereocenters. The van der Waals surface area contributed by atoms with E-state index in [0.717, 1.165) is 36.5 Å². The molecular formula is C19H22N4O2. The molecule has 6 nitrogen and oxygen atoms in total. The van der Waals surface area contributed by atoms with Crippen molar-refractivity contribution in [3.8, 4) is 17.2 Å². The van der Waals surface area contributed by atoms with Gasteiger partial charge in [-0.25, -0.2) is 0 Å². The maximum absolute atomic E-state index is 9.79. The Morgan fingerprint density at radius 3 is 2.60 bits per heavy atom. The van der Waals surface area contributed by atoms with E-state index in [0.29, 0.717) is 18.1 Å². The smallest absolute Gasteiger partial charge is 0.257 e. The minimum atomic E-state index is 0.230. The molecule has 2 aromatic heterocycles. The van der Waals surface area contributed by atoms with Crippen molar-refractivity contribution in [3.63, 3.8) is 0 Å².